The van der Waals surface area contributed by atoms with Crippen LogP contribution in [0.3, 0.4) is 0 Å². The summed E-state index contributed by atoms with van der Waals surface area (Å²) in [6.07, 6.45) is 2.48. The van der Waals surface area contributed by atoms with E-state index >= 15 is 0 Å². The molecule has 68 valence electrons. The molecule has 0 atom stereocenters. The van der Waals surface area contributed by atoms with Gasteiger partial charge in [-0.05, 0) is 19.9 Å². The van der Waals surface area contributed by atoms with Gasteiger partial charge in [0, 0.05) is 18.2 Å². The maximum absolute atomic E-state index is 10.9. The van der Waals surface area contributed by atoms with E-state index < -0.39 is 0 Å². The first-order chi connectivity index (χ1) is 5.65. The van der Waals surface area contributed by atoms with Crippen LogP contribution in [0.15, 0.2) is 12.2 Å². The molecule has 0 aromatic carbocycles. The van der Waals surface area contributed by atoms with Crippen LogP contribution in [0.2, 0.25) is 0 Å². The lowest BCUT2D eigenvalue weighted by Gasteiger charge is -2.15. The molecule has 0 saturated heterocycles. The Morgan fingerprint density at radius 1 is 1.67 bits per heavy atom. The second-order valence-electron chi connectivity index (χ2n) is 3.24. The Hall–Kier alpha value is -0.830. The van der Waals surface area contributed by atoms with E-state index in [4.69, 9.17) is 0 Å². The summed E-state index contributed by atoms with van der Waals surface area (Å²) < 4.78 is 4.55. The van der Waals surface area contributed by atoms with Crippen molar-refractivity contribution < 1.29 is 9.53 Å². The number of carbonyl (C=O) groups is 1. The molecule has 1 rings (SSSR count). The average molecular weight is 169 g/mol. The lowest BCUT2D eigenvalue weighted by molar-refractivity contribution is -0.136. The molecule has 0 radical (unpaired) electrons. The Morgan fingerprint density at radius 2 is 2.25 bits per heavy atom. The summed E-state index contributed by atoms with van der Waals surface area (Å²) in [4.78, 5) is 13.1. The van der Waals surface area contributed by atoms with Crippen LogP contribution in [0.1, 0.15) is 12.8 Å². The highest BCUT2D eigenvalue weighted by Crippen LogP contribution is 2.25. The Balaban J connectivity index is 2.29. The summed E-state index contributed by atoms with van der Waals surface area (Å²) in [7, 11) is 3.39. The van der Waals surface area contributed by atoms with Crippen LogP contribution in [-0.4, -0.2) is 37.6 Å². The summed E-state index contributed by atoms with van der Waals surface area (Å²) in [5.74, 6) is -0.303. The highest BCUT2D eigenvalue weighted by Gasteiger charge is 2.27. The monoisotopic (exact) mass is 169 g/mol. The zero-order chi connectivity index (χ0) is 9.14. The molecule has 0 aromatic rings. The molecule has 12 heavy (non-hydrogen) atoms. The maximum Gasteiger partial charge on any atom is 0.334 e. The second-order valence-corrected chi connectivity index (χ2v) is 3.24. The van der Waals surface area contributed by atoms with E-state index in [9.17, 15) is 4.79 Å². The number of nitrogens with zero attached hydrogens (tertiary/aromatic N) is 1. The van der Waals surface area contributed by atoms with Gasteiger partial charge < -0.3 is 4.74 Å². The summed E-state index contributed by atoms with van der Waals surface area (Å²) in [5, 5.41) is 0. The SMILES string of the molecule is C=C(CN(C)C1CC1)C(=O)OC. The van der Waals surface area contributed by atoms with Gasteiger partial charge in [0.05, 0.1) is 7.11 Å². The lowest BCUT2D eigenvalue weighted by atomic mass is 10.3. The first kappa shape index (κ1) is 9.26. The zero-order valence-electron chi connectivity index (χ0n) is 7.67. The van der Waals surface area contributed by atoms with E-state index in [0.29, 0.717) is 18.2 Å². The fourth-order valence-electron chi connectivity index (χ4n) is 1.15. The number of esters is 1. The van der Waals surface area contributed by atoms with Crippen LogP contribution in [0.25, 0.3) is 0 Å². The number of methoxy groups -OCH3 is 1. The Morgan fingerprint density at radius 3 is 2.67 bits per heavy atom. The van der Waals surface area contributed by atoms with E-state index in [-0.39, 0.29) is 5.97 Å². The van der Waals surface area contributed by atoms with Gasteiger partial charge in [0.25, 0.3) is 0 Å². The average Bonchev–Trinajstić information content (AvgIpc) is 2.84. The molecule has 1 aliphatic rings. The predicted molar refractivity (Wildman–Crippen MR) is 46.8 cm³/mol. The van der Waals surface area contributed by atoms with Crippen LogP contribution < -0.4 is 0 Å². The van der Waals surface area contributed by atoms with Crippen LogP contribution in [0, 0.1) is 0 Å². The predicted octanol–water partition coefficient (Wildman–Crippen LogP) is 0.810. The first-order valence-electron chi connectivity index (χ1n) is 4.11. The minimum atomic E-state index is -0.303. The molecule has 0 bridgehead atoms. The minimum absolute atomic E-state index is 0.303. The molecule has 0 spiro atoms. The lowest BCUT2D eigenvalue weighted by Crippen LogP contribution is -2.26. The van der Waals surface area contributed by atoms with E-state index in [0.717, 1.165) is 0 Å². The van der Waals surface area contributed by atoms with Crippen molar-refractivity contribution in [2.75, 3.05) is 20.7 Å². The largest absolute Gasteiger partial charge is 0.466 e. The second kappa shape index (κ2) is 3.72. The maximum atomic E-state index is 10.9. The van der Waals surface area contributed by atoms with Crippen molar-refractivity contribution in [1.29, 1.82) is 0 Å². The van der Waals surface area contributed by atoms with Gasteiger partial charge in [-0.3, -0.25) is 4.90 Å². The van der Waals surface area contributed by atoms with Crippen molar-refractivity contribution in [1.82, 2.24) is 4.90 Å². The topological polar surface area (TPSA) is 29.5 Å². The van der Waals surface area contributed by atoms with Gasteiger partial charge in [-0.1, -0.05) is 6.58 Å². The fourth-order valence-corrected chi connectivity index (χ4v) is 1.15. The van der Waals surface area contributed by atoms with Gasteiger partial charge in [-0.25, -0.2) is 4.79 Å². The Bertz CT molecular complexity index is 197. The summed E-state index contributed by atoms with van der Waals surface area (Å²) in [5.41, 5.74) is 0.534. The summed E-state index contributed by atoms with van der Waals surface area (Å²) in [6, 6.07) is 0.659. The molecular formula is C9H15NO2. The molecule has 0 aliphatic heterocycles. The van der Waals surface area contributed by atoms with Gasteiger partial charge in [-0.15, -0.1) is 0 Å². The highest BCUT2D eigenvalue weighted by atomic mass is 16.5. The minimum Gasteiger partial charge on any atom is -0.466 e. The van der Waals surface area contributed by atoms with Gasteiger partial charge in [0.1, 0.15) is 0 Å². The van der Waals surface area contributed by atoms with Crippen molar-refractivity contribution in [3.8, 4) is 0 Å². The van der Waals surface area contributed by atoms with Crippen LogP contribution in [0.4, 0.5) is 0 Å². The molecule has 3 heteroatoms. The van der Waals surface area contributed by atoms with Crippen molar-refractivity contribution in [3.63, 3.8) is 0 Å². The third kappa shape index (κ3) is 2.34. The molecule has 0 heterocycles. The third-order valence-electron chi connectivity index (χ3n) is 2.08. The van der Waals surface area contributed by atoms with Gasteiger partial charge in [0.2, 0.25) is 0 Å². The summed E-state index contributed by atoms with van der Waals surface area (Å²) >= 11 is 0. The normalized spacial score (nSPS) is 16.2. The standard InChI is InChI=1S/C9H15NO2/c1-7(9(11)12-3)6-10(2)8-4-5-8/h8H,1,4-6H2,2-3H3. The zero-order valence-corrected chi connectivity index (χ0v) is 7.67. The van der Waals surface area contributed by atoms with Crippen molar-refractivity contribution >= 4 is 5.97 Å². The molecule has 0 aromatic heterocycles. The quantitative estimate of drug-likeness (QED) is 0.460. The van der Waals surface area contributed by atoms with Crippen molar-refractivity contribution in [2.24, 2.45) is 0 Å². The first-order valence-corrected chi connectivity index (χ1v) is 4.11. The number of ether oxygens (including phenoxy) is 1. The third-order valence-corrected chi connectivity index (χ3v) is 2.08. The van der Waals surface area contributed by atoms with E-state index in [1.54, 1.807) is 0 Å². The van der Waals surface area contributed by atoms with Crippen molar-refractivity contribution in [3.05, 3.63) is 12.2 Å². The number of hydrogen-bond acceptors (Lipinski definition) is 3. The van der Waals surface area contributed by atoms with E-state index in [1.165, 1.54) is 20.0 Å². The molecular weight excluding hydrogens is 154 g/mol. The van der Waals surface area contributed by atoms with Gasteiger partial charge >= 0.3 is 5.97 Å². The number of carbonyl (C=O) groups excluding carboxylic acids is 1. The smallest absolute Gasteiger partial charge is 0.334 e. The van der Waals surface area contributed by atoms with Gasteiger partial charge in [-0.2, -0.15) is 0 Å². The van der Waals surface area contributed by atoms with Crippen molar-refractivity contribution in [2.45, 2.75) is 18.9 Å². The van der Waals surface area contributed by atoms with Gasteiger partial charge in [0.15, 0.2) is 0 Å². The molecule has 0 unspecified atom stereocenters. The van der Waals surface area contributed by atoms with E-state index in [1.807, 2.05) is 7.05 Å². The van der Waals surface area contributed by atoms with E-state index in [2.05, 4.69) is 16.2 Å². The number of hydrogen-bond donors (Lipinski definition) is 0. The fraction of sp³-hybridized carbons (Fsp3) is 0.667. The molecule has 3 nitrogen and oxygen atoms in total. The molecule has 1 aliphatic carbocycles. The Kier molecular flexibility index (Phi) is 2.87. The summed E-state index contributed by atoms with van der Waals surface area (Å²) in [6.45, 7) is 4.28. The Labute approximate surface area is 73.0 Å². The highest BCUT2D eigenvalue weighted by molar-refractivity contribution is 5.88. The molecule has 1 fully saturated rings. The van der Waals surface area contributed by atoms with Crippen LogP contribution in [-0.2, 0) is 9.53 Å². The van der Waals surface area contributed by atoms with Crippen LogP contribution >= 0.6 is 0 Å². The number of rotatable bonds is 4. The molecule has 0 N–H and O–H groups in total. The molecule has 1 saturated carbocycles. The molecule has 0 amide bonds. The van der Waals surface area contributed by atoms with Crippen LogP contribution in [0.5, 0.6) is 0 Å². The number of likely N-dealkylation sites (N-methyl/N-ethyl adjacent to an activating group) is 1.